The van der Waals surface area contributed by atoms with Gasteiger partial charge in [-0.1, -0.05) is 60.7 Å². The highest BCUT2D eigenvalue weighted by molar-refractivity contribution is 9.10. The molecule has 1 aliphatic rings. The van der Waals surface area contributed by atoms with Crippen LogP contribution in [0.1, 0.15) is 34.2 Å². The predicted molar refractivity (Wildman–Crippen MR) is 124 cm³/mol. The summed E-state index contributed by atoms with van der Waals surface area (Å²) in [5.41, 5.74) is 5.91. The second-order valence-corrected chi connectivity index (χ2v) is 8.66. The van der Waals surface area contributed by atoms with Gasteiger partial charge in [-0.25, -0.2) is 5.43 Å². The topological polar surface area (TPSA) is 81.9 Å². The summed E-state index contributed by atoms with van der Waals surface area (Å²) in [6, 6.07) is 20.1. The summed E-state index contributed by atoms with van der Waals surface area (Å²) >= 11 is 3.33. The van der Waals surface area contributed by atoms with E-state index in [4.69, 9.17) is 0 Å². The number of nitrogens with zero attached hydrogens (tertiary/aromatic N) is 1. The third-order valence-corrected chi connectivity index (χ3v) is 7.10. The van der Waals surface area contributed by atoms with E-state index < -0.39 is 0 Å². The molecule has 1 saturated carbocycles. The van der Waals surface area contributed by atoms with Crippen LogP contribution in [0.3, 0.4) is 0 Å². The maximum absolute atomic E-state index is 13.0. The van der Waals surface area contributed by atoms with Crippen molar-refractivity contribution in [3.05, 3.63) is 93.0 Å². The van der Waals surface area contributed by atoms with Crippen LogP contribution in [0.4, 0.5) is 0 Å². The van der Waals surface area contributed by atoms with E-state index in [0.717, 1.165) is 11.1 Å². The predicted octanol–water partition coefficient (Wildman–Crippen LogP) is 4.93. The average Bonchev–Trinajstić information content (AvgIpc) is 3.57. The van der Waals surface area contributed by atoms with Gasteiger partial charge in [0.15, 0.2) is 0 Å². The zero-order valence-electron chi connectivity index (χ0n) is 17.3. The average molecular weight is 479 g/mol. The minimum absolute atomic E-state index is 0.00956. The van der Waals surface area contributed by atoms with Crippen molar-refractivity contribution in [2.75, 3.05) is 0 Å². The van der Waals surface area contributed by atoms with Crippen molar-refractivity contribution in [2.24, 2.45) is 11.0 Å². The number of hydrogen-bond acceptors (Lipinski definition) is 4. The fourth-order valence-corrected chi connectivity index (χ4v) is 4.71. The summed E-state index contributed by atoms with van der Waals surface area (Å²) in [6.45, 7) is 3.37. The van der Waals surface area contributed by atoms with Gasteiger partial charge in [-0.2, -0.15) is 5.10 Å². The number of halogens is 1. The van der Waals surface area contributed by atoms with Crippen LogP contribution in [-0.2, 0) is 10.2 Å². The fourth-order valence-electron chi connectivity index (χ4n) is 4.20. The van der Waals surface area contributed by atoms with Gasteiger partial charge in [-0.3, -0.25) is 4.79 Å². The first-order valence-electron chi connectivity index (χ1n) is 10.0. The lowest BCUT2D eigenvalue weighted by Gasteiger charge is -2.18. The molecule has 1 atom stereocenters. The maximum atomic E-state index is 13.0. The quantitative estimate of drug-likeness (QED) is 0.359. The van der Waals surface area contributed by atoms with Crippen molar-refractivity contribution in [1.82, 2.24) is 5.43 Å². The number of amides is 1. The largest absolute Gasteiger partial charge is 0.507 e. The lowest BCUT2D eigenvalue weighted by Crippen LogP contribution is -2.25. The van der Waals surface area contributed by atoms with Crippen LogP contribution >= 0.6 is 15.9 Å². The molecule has 0 aromatic heterocycles. The molecule has 1 amide bonds. The number of nitrogens with one attached hydrogen (secondary N) is 1. The van der Waals surface area contributed by atoms with Crippen molar-refractivity contribution in [3.8, 4) is 11.5 Å². The van der Waals surface area contributed by atoms with Crippen LogP contribution in [0, 0.1) is 19.8 Å². The molecular weight excluding hydrogens is 456 g/mol. The Hall–Kier alpha value is -3.12. The van der Waals surface area contributed by atoms with Crippen molar-refractivity contribution in [2.45, 2.75) is 25.7 Å². The van der Waals surface area contributed by atoms with E-state index in [-0.39, 0.29) is 28.7 Å². The summed E-state index contributed by atoms with van der Waals surface area (Å²) in [5, 5.41) is 24.5. The Bertz CT molecular complexity index is 1090. The van der Waals surface area contributed by atoms with Gasteiger partial charge in [0.2, 0.25) is 5.91 Å². The molecular formula is C25H23BrN2O3. The van der Waals surface area contributed by atoms with Crippen LogP contribution in [0.2, 0.25) is 0 Å². The smallest absolute Gasteiger partial charge is 0.244 e. The lowest BCUT2D eigenvalue weighted by molar-refractivity contribution is -0.122. The van der Waals surface area contributed by atoms with Gasteiger partial charge >= 0.3 is 0 Å². The number of aromatic hydroxyl groups is 2. The molecule has 0 heterocycles. The standard InChI is InChI=1S/C25H23BrN2O3/c1-15-19(22(29)16(2)23(30)21(15)26)14-27-28-24(31)20-13-25(20,17-9-5-3-6-10-17)18-11-7-4-8-12-18/h3-12,14,20,29-30H,13H2,1-2H3,(H,28,31)/t20-/m0/s1. The number of phenolic OH excluding ortho intramolecular Hbond substituents is 2. The Kier molecular flexibility index (Phi) is 5.58. The molecule has 6 heteroatoms. The van der Waals surface area contributed by atoms with Gasteiger partial charge in [0.1, 0.15) is 11.5 Å². The minimum atomic E-state index is -0.363. The van der Waals surface area contributed by atoms with E-state index in [9.17, 15) is 15.0 Å². The van der Waals surface area contributed by atoms with Gasteiger partial charge < -0.3 is 10.2 Å². The van der Waals surface area contributed by atoms with Gasteiger partial charge in [0, 0.05) is 16.5 Å². The highest BCUT2D eigenvalue weighted by Crippen LogP contribution is 2.58. The molecule has 5 nitrogen and oxygen atoms in total. The fraction of sp³-hybridized carbons (Fsp3) is 0.200. The molecule has 3 aromatic rings. The van der Waals surface area contributed by atoms with E-state index in [1.807, 2.05) is 36.4 Å². The third-order valence-electron chi connectivity index (χ3n) is 6.13. The zero-order valence-corrected chi connectivity index (χ0v) is 18.8. The molecule has 0 saturated heterocycles. The first-order chi connectivity index (χ1) is 14.9. The SMILES string of the molecule is Cc1c(O)c(Br)c(C)c(C=NNC(=O)[C@@H]2CC2(c2ccccc2)c2ccccc2)c1O. The number of rotatable bonds is 5. The van der Waals surface area contributed by atoms with Crippen molar-refractivity contribution < 1.29 is 15.0 Å². The van der Waals surface area contributed by atoms with E-state index >= 15 is 0 Å². The van der Waals surface area contributed by atoms with Crippen LogP contribution in [0.5, 0.6) is 11.5 Å². The number of phenols is 2. The molecule has 158 valence electrons. The van der Waals surface area contributed by atoms with Gasteiger partial charge in [-0.15, -0.1) is 0 Å². The molecule has 3 N–H and O–H groups in total. The van der Waals surface area contributed by atoms with Gasteiger partial charge in [-0.05, 0) is 52.9 Å². The highest BCUT2D eigenvalue weighted by atomic mass is 79.9. The summed E-state index contributed by atoms with van der Waals surface area (Å²) in [7, 11) is 0. The van der Waals surface area contributed by atoms with Crippen LogP contribution < -0.4 is 5.43 Å². The van der Waals surface area contributed by atoms with Crippen molar-refractivity contribution in [3.63, 3.8) is 0 Å². The summed E-state index contributed by atoms with van der Waals surface area (Å²) in [5.74, 6) is -0.483. The molecule has 3 aromatic carbocycles. The van der Waals surface area contributed by atoms with E-state index in [1.165, 1.54) is 6.21 Å². The summed E-state index contributed by atoms with van der Waals surface area (Å²) in [6.07, 6.45) is 2.12. The molecule has 0 radical (unpaired) electrons. The third kappa shape index (κ3) is 3.61. The molecule has 0 bridgehead atoms. The maximum Gasteiger partial charge on any atom is 0.244 e. The Morgan fingerprint density at radius 1 is 1.00 bits per heavy atom. The number of carbonyl (C=O) groups is 1. The molecule has 0 unspecified atom stereocenters. The Morgan fingerprint density at radius 2 is 1.55 bits per heavy atom. The molecule has 0 spiro atoms. The Balaban J connectivity index is 1.58. The van der Waals surface area contributed by atoms with E-state index in [1.54, 1.807) is 13.8 Å². The molecule has 0 aliphatic heterocycles. The Labute approximate surface area is 189 Å². The molecule has 4 rings (SSSR count). The first-order valence-corrected chi connectivity index (χ1v) is 10.8. The van der Waals surface area contributed by atoms with Crippen molar-refractivity contribution >= 4 is 28.1 Å². The Morgan fingerprint density at radius 3 is 2.10 bits per heavy atom. The molecule has 1 aliphatic carbocycles. The van der Waals surface area contributed by atoms with E-state index in [2.05, 4.69) is 50.7 Å². The normalized spacial score (nSPS) is 16.9. The van der Waals surface area contributed by atoms with Crippen molar-refractivity contribution in [1.29, 1.82) is 0 Å². The lowest BCUT2D eigenvalue weighted by atomic mass is 9.85. The van der Waals surface area contributed by atoms with E-state index in [0.29, 0.717) is 27.6 Å². The highest BCUT2D eigenvalue weighted by Gasteiger charge is 2.60. The number of benzene rings is 3. The number of hydrazone groups is 1. The second-order valence-electron chi connectivity index (χ2n) is 7.87. The molecule has 31 heavy (non-hydrogen) atoms. The summed E-state index contributed by atoms with van der Waals surface area (Å²) in [4.78, 5) is 13.0. The second kappa shape index (κ2) is 8.19. The monoisotopic (exact) mass is 478 g/mol. The van der Waals surface area contributed by atoms with Crippen LogP contribution in [0.25, 0.3) is 0 Å². The minimum Gasteiger partial charge on any atom is -0.507 e. The molecule has 1 fully saturated rings. The zero-order chi connectivity index (χ0) is 22.2. The van der Waals surface area contributed by atoms with Crippen LogP contribution in [-0.4, -0.2) is 22.3 Å². The van der Waals surface area contributed by atoms with Crippen LogP contribution in [0.15, 0.2) is 70.2 Å². The summed E-state index contributed by atoms with van der Waals surface area (Å²) < 4.78 is 0.491. The van der Waals surface area contributed by atoms with Gasteiger partial charge in [0.25, 0.3) is 0 Å². The first kappa shape index (κ1) is 21.1. The number of carbonyl (C=O) groups excluding carboxylic acids is 1. The number of hydrogen-bond donors (Lipinski definition) is 3. The van der Waals surface area contributed by atoms with Gasteiger partial charge in [0.05, 0.1) is 16.6 Å².